The van der Waals surface area contributed by atoms with Crippen LogP contribution in [0.25, 0.3) is 5.57 Å². The Morgan fingerprint density at radius 3 is 2.34 bits per heavy atom. The fourth-order valence-corrected chi connectivity index (χ4v) is 2.76. The predicted octanol–water partition coefficient (Wildman–Crippen LogP) is 6.32. The zero-order valence-corrected chi connectivity index (χ0v) is 17.2. The molecule has 3 nitrogen and oxygen atoms in total. The van der Waals surface area contributed by atoms with Crippen LogP contribution < -0.4 is 5.73 Å². The van der Waals surface area contributed by atoms with E-state index >= 15 is 0 Å². The average molecular weight is 403 g/mol. The number of aromatic nitrogens is 1. The first kappa shape index (κ1) is 24.1. The third kappa shape index (κ3) is 7.22. The van der Waals surface area contributed by atoms with E-state index in [0.29, 0.717) is 36.2 Å². The van der Waals surface area contributed by atoms with Crippen molar-refractivity contribution in [1.29, 1.82) is 0 Å². The smallest absolute Gasteiger partial charge is 0.401 e. The topological polar surface area (TPSA) is 51.3 Å². The van der Waals surface area contributed by atoms with Crippen molar-refractivity contribution in [3.63, 3.8) is 0 Å². The Morgan fingerprint density at radius 1 is 1.24 bits per heavy atom. The Morgan fingerprint density at radius 2 is 1.90 bits per heavy atom. The third-order valence-electron chi connectivity index (χ3n) is 4.23. The van der Waals surface area contributed by atoms with Crippen LogP contribution in [-0.2, 0) is 6.42 Å². The van der Waals surface area contributed by atoms with Crippen LogP contribution in [0.2, 0.25) is 0 Å². The van der Waals surface area contributed by atoms with E-state index in [-0.39, 0.29) is 5.57 Å². The van der Waals surface area contributed by atoms with Gasteiger partial charge in [0.2, 0.25) is 0 Å². The second-order valence-corrected chi connectivity index (χ2v) is 6.73. The molecule has 156 valence electrons. The number of rotatable bonds is 9. The van der Waals surface area contributed by atoms with Crippen molar-refractivity contribution in [3.05, 3.63) is 84.0 Å². The maximum absolute atomic E-state index is 13.1. The molecule has 0 atom stereocenters. The zero-order chi connectivity index (χ0) is 22.2. The van der Waals surface area contributed by atoms with Gasteiger partial charge in [-0.2, -0.15) is 13.2 Å². The second kappa shape index (κ2) is 10.6. The van der Waals surface area contributed by atoms with Crippen molar-refractivity contribution >= 4 is 11.3 Å². The Balaban J connectivity index is 3.17. The van der Waals surface area contributed by atoms with E-state index in [4.69, 9.17) is 5.73 Å². The summed E-state index contributed by atoms with van der Waals surface area (Å²) < 4.78 is 39.3. The normalized spacial score (nSPS) is 13.7. The van der Waals surface area contributed by atoms with Crippen LogP contribution in [0, 0.1) is 0 Å². The molecule has 0 aliphatic heterocycles. The van der Waals surface area contributed by atoms with Gasteiger partial charge in [-0.15, -0.1) is 0 Å². The highest BCUT2D eigenvalue weighted by Gasteiger charge is 2.34. The minimum absolute atomic E-state index is 0.0468. The van der Waals surface area contributed by atoms with Gasteiger partial charge in [-0.25, -0.2) is 0 Å². The third-order valence-corrected chi connectivity index (χ3v) is 4.23. The molecule has 0 radical (unpaired) electrons. The largest absolute Gasteiger partial charge is 0.416 e. The van der Waals surface area contributed by atoms with Crippen LogP contribution in [0.1, 0.15) is 44.9 Å². The summed E-state index contributed by atoms with van der Waals surface area (Å²) >= 11 is 0. The molecule has 0 amide bonds. The summed E-state index contributed by atoms with van der Waals surface area (Å²) in [6.45, 7) is 16.2. The molecule has 6 heteroatoms. The van der Waals surface area contributed by atoms with E-state index in [9.17, 15) is 13.2 Å². The first-order valence-corrected chi connectivity index (χ1v) is 9.20. The summed E-state index contributed by atoms with van der Waals surface area (Å²) in [6.07, 6.45) is 1.26. The maximum Gasteiger partial charge on any atom is 0.416 e. The summed E-state index contributed by atoms with van der Waals surface area (Å²) in [6, 6.07) is 3.32. The highest BCUT2D eigenvalue weighted by molar-refractivity contribution is 5.84. The number of hydrogen-bond acceptors (Lipinski definition) is 3. The van der Waals surface area contributed by atoms with E-state index in [1.54, 1.807) is 19.1 Å². The summed E-state index contributed by atoms with van der Waals surface area (Å²) in [7, 11) is 0. The van der Waals surface area contributed by atoms with Gasteiger partial charge in [-0.1, -0.05) is 44.4 Å². The molecule has 1 aromatic heterocycles. The van der Waals surface area contributed by atoms with Gasteiger partial charge in [-0.05, 0) is 37.5 Å². The molecule has 1 aromatic rings. The van der Waals surface area contributed by atoms with E-state index < -0.39 is 11.7 Å². The van der Waals surface area contributed by atoms with Gasteiger partial charge in [0.1, 0.15) is 0 Å². The average Bonchev–Trinajstić information content (AvgIpc) is 2.63. The molecular formula is C23H28F3N3. The number of allylic oxidation sites excluding steroid dienone is 6. The SMILES string of the molecule is C=C/N=C(/C)C/C(N)=C(/Cc1ccc(/C(=C/CC)C(=C)C(F)(F)F)cn1)C(=C)C. The number of hydrogen-bond donors (Lipinski definition) is 1. The number of nitrogens with zero attached hydrogens (tertiary/aromatic N) is 2. The molecule has 0 aromatic carbocycles. The molecule has 0 unspecified atom stereocenters. The highest BCUT2D eigenvalue weighted by Crippen LogP contribution is 2.35. The van der Waals surface area contributed by atoms with E-state index in [1.165, 1.54) is 18.5 Å². The second-order valence-electron chi connectivity index (χ2n) is 6.73. The fourth-order valence-electron chi connectivity index (χ4n) is 2.76. The fraction of sp³-hybridized carbons (Fsp3) is 0.304. The lowest BCUT2D eigenvalue weighted by molar-refractivity contribution is -0.0867. The van der Waals surface area contributed by atoms with Crippen LogP contribution in [-0.4, -0.2) is 16.9 Å². The Bertz CT molecular complexity index is 854. The van der Waals surface area contributed by atoms with Gasteiger partial charge in [-0.3, -0.25) is 9.98 Å². The molecule has 29 heavy (non-hydrogen) atoms. The lowest BCUT2D eigenvalue weighted by Gasteiger charge is -2.15. The van der Waals surface area contributed by atoms with Crippen molar-refractivity contribution in [1.82, 2.24) is 4.98 Å². The maximum atomic E-state index is 13.1. The molecule has 0 saturated carbocycles. The van der Waals surface area contributed by atoms with Crippen LogP contribution >= 0.6 is 0 Å². The number of nitrogens with two attached hydrogens (primary N) is 1. The summed E-state index contributed by atoms with van der Waals surface area (Å²) in [5, 5.41) is 0. The van der Waals surface area contributed by atoms with E-state index in [2.05, 4.69) is 29.7 Å². The highest BCUT2D eigenvalue weighted by atomic mass is 19.4. The first-order chi connectivity index (χ1) is 13.5. The van der Waals surface area contributed by atoms with Gasteiger partial charge in [0.25, 0.3) is 0 Å². The summed E-state index contributed by atoms with van der Waals surface area (Å²) in [4.78, 5) is 8.45. The van der Waals surface area contributed by atoms with Crippen molar-refractivity contribution < 1.29 is 13.2 Å². The van der Waals surface area contributed by atoms with Crippen molar-refractivity contribution in [3.8, 4) is 0 Å². The Kier molecular flexibility index (Phi) is 8.83. The number of aliphatic imine (C=N–C) groups is 1. The Labute approximate surface area is 171 Å². The number of alkyl halides is 3. The number of pyridine rings is 1. The lowest BCUT2D eigenvalue weighted by atomic mass is 9.96. The minimum atomic E-state index is -4.49. The van der Waals surface area contributed by atoms with Gasteiger partial charge >= 0.3 is 6.18 Å². The van der Waals surface area contributed by atoms with Crippen LogP contribution in [0.15, 0.2) is 77.8 Å². The van der Waals surface area contributed by atoms with Crippen LogP contribution in [0.3, 0.4) is 0 Å². The minimum Gasteiger partial charge on any atom is -0.401 e. The van der Waals surface area contributed by atoms with Crippen LogP contribution in [0.5, 0.6) is 0 Å². The van der Waals surface area contributed by atoms with E-state index in [1.807, 2.05) is 13.8 Å². The molecule has 2 N–H and O–H groups in total. The Hall–Kier alpha value is -2.89. The molecule has 1 heterocycles. The first-order valence-electron chi connectivity index (χ1n) is 9.20. The zero-order valence-electron chi connectivity index (χ0n) is 17.2. The molecule has 0 fully saturated rings. The lowest BCUT2D eigenvalue weighted by Crippen LogP contribution is -2.13. The standard InChI is InChI=1S/C23H28F3N3/c1-7-9-20(17(6)23(24,25)26)18-10-11-19(29-14-18)13-21(15(3)4)22(27)12-16(5)28-8-2/h8-11,14H,2-3,6-7,12-13,27H2,1,4-5H3/b20-9+,22-21+,28-16-. The molecular weight excluding hydrogens is 375 g/mol. The quantitative estimate of drug-likeness (QED) is 0.387. The molecule has 0 spiro atoms. The monoisotopic (exact) mass is 403 g/mol. The predicted molar refractivity (Wildman–Crippen MR) is 115 cm³/mol. The van der Waals surface area contributed by atoms with Gasteiger partial charge in [0.05, 0.1) is 5.57 Å². The molecule has 0 saturated heterocycles. The van der Waals surface area contributed by atoms with Gasteiger partial charge in [0.15, 0.2) is 0 Å². The van der Waals surface area contributed by atoms with Crippen LogP contribution in [0.4, 0.5) is 13.2 Å². The summed E-state index contributed by atoms with van der Waals surface area (Å²) in [5.41, 5.74) is 9.55. The van der Waals surface area contributed by atoms with Gasteiger partial charge < -0.3 is 5.73 Å². The molecule has 1 rings (SSSR count). The van der Waals surface area contributed by atoms with Crippen molar-refractivity contribution in [2.24, 2.45) is 10.7 Å². The molecule has 0 aliphatic carbocycles. The summed E-state index contributed by atoms with van der Waals surface area (Å²) in [5.74, 6) is 0. The van der Waals surface area contributed by atoms with E-state index in [0.717, 1.165) is 16.9 Å². The van der Waals surface area contributed by atoms with Crippen molar-refractivity contribution in [2.75, 3.05) is 0 Å². The molecule has 0 aliphatic rings. The van der Waals surface area contributed by atoms with Crippen molar-refractivity contribution in [2.45, 2.75) is 46.2 Å². The molecule has 0 bridgehead atoms. The van der Waals surface area contributed by atoms with Gasteiger partial charge in [0, 0.05) is 47.9 Å². The number of halogens is 3.